The molecule has 6 heteroatoms. The zero-order valence-electron chi connectivity index (χ0n) is 11.5. The summed E-state index contributed by atoms with van der Waals surface area (Å²) in [6, 6.07) is 7.13. The molecule has 1 aromatic heterocycles. The van der Waals surface area contributed by atoms with E-state index in [4.69, 9.17) is 11.6 Å². The van der Waals surface area contributed by atoms with Gasteiger partial charge in [0.1, 0.15) is 0 Å². The van der Waals surface area contributed by atoms with Crippen molar-refractivity contribution < 1.29 is 13.2 Å². The number of nitrogens with one attached hydrogen (secondary N) is 1. The minimum Gasteiger partial charge on any atom is -0.376 e. The van der Waals surface area contributed by atoms with Crippen LogP contribution in [0.5, 0.6) is 0 Å². The first-order valence-electron chi connectivity index (χ1n) is 6.45. The van der Waals surface area contributed by atoms with Crippen molar-refractivity contribution in [1.29, 1.82) is 0 Å². The third-order valence-corrected chi connectivity index (χ3v) is 4.41. The number of benzene rings is 1. The lowest BCUT2D eigenvalue weighted by Gasteiger charge is -2.23. The highest BCUT2D eigenvalue weighted by Gasteiger charge is 2.31. The van der Waals surface area contributed by atoms with Crippen LogP contribution in [-0.2, 0) is 6.18 Å². The predicted octanol–water partition coefficient (Wildman–Crippen LogP) is 6.23. The van der Waals surface area contributed by atoms with Gasteiger partial charge in [-0.3, -0.25) is 0 Å². The van der Waals surface area contributed by atoms with Gasteiger partial charge < -0.3 is 5.32 Å². The van der Waals surface area contributed by atoms with Crippen molar-refractivity contribution in [1.82, 2.24) is 0 Å². The lowest BCUT2D eigenvalue weighted by atomic mass is 10.0. The molecule has 0 amide bonds. The summed E-state index contributed by atoms with van der Waals surface area (Å²) in [5.41, 5.74) is -0.401. The number of halogens is 4. The molecule has 0 spiro atoms. The highest BCUT2D eigenvalue weighted by molar-refractivity contribution is 7.10. The van der Waals surface area contributed by atoms with Gasteiger partial charge in [0, 0.05) is 4.88 Å². The zero-order chi connectivity index (χ0) is 15.6. The maximum absolute atomic E-state index is 12.8. The van der Waals surface area contributed by atoms with Crippen LogP contribution >= 0.6 is 22.9 Å². The van der Waals surface area contributed by atoms with Crippen molar-refractivity contribution in [2.24, 2.45) is 5.92 Å². The molecule has 0 aliphatic heterocycles. The van der Waals surface area contributed by atoms with Crippen LogP contribution in [-0.4, -0.2) is 0 Å². The van der Waals surface area contributed by atoms with Gasteiger partial charge in [-0.05, 0) is 35.6 Å². The molecular weight excluding hydrogens is 319 g/mol. The van der Waals surface area contributed by atoms with Crippen molar-refractivity contribution >= 4 is 28.6 Å². The maximum Gasteiger partial charge on any atom is 0.416 e. The Morgan fingerprint density at radius 1 is 1.19 bits per heavy atom. The van der Waals surface area contributed by atoms with E-state index in [1.807, 2.05) is 31.4 Å². The van der Waals surface area contributed by atoms with Crippen molar-refractivity contribution in [2.75, 3.05) is 5.32 Å². The molecule has 1 heterocycles. The molecule has 1 N–H and O–H groups in total. The molecule has 1 unspecified atom stereocenters. The second-order valence-corrected chi connectivity index (χ2v) is 6.46. The molecule has 0 saturated carbocycles. The van der Waals surface area contributed by atoms with E-state index < -0.39 is 11.7 Å². The second kappa shape index (κ2) is 6.28. The SMILES string of the molecule is CC(C)C(Nc1cc(C(F)(F)F)ccc1Cl)c1cccs1. The standard InChI is InChI=1S/C15H15ClF3NS/c1-9(2)14(13-4-3-7-21-13)20-12-8-10(15(17,18)19)5-6-11(12)16/h3-9,14,20H,1-2H3. The van der Waals surface area contributed by atoms with Gasteiger partial charge >= 0.3 is 6.18 Å². The summed E-state index contributed by atoms with van der Waals surface area (Å²) in [4.78, 5) is 1.07. The van der Waals surface area contributed by atoms with E-state index in [1.165, 1.54) is 6.07 Å². The van der Waals surface area contributed by atoms with E-state index in [9.17, 15) is 13.2 Å². The summed E-state index contributed by atoms with van der Waals surface area (Å²) in [5, 5.41) is 5.37. The molecular formula is C15H15ClF3NS. The van der Waals surface area contributed by atoms with E-state index in [1.54, 1.807) is 11.3 Å². The number of hydrogen-bond acceptors (Lipinski definition) is 2. The smallest absolute Gasteiger partial charge is 0.376 e. The molecule has 1 aromatic carbocycles. The van der Waals surface area contributed by atoms with E-state index in [-0.39, 0.29) is 17.0 Å². The summed E-state index contributed by atoms with van der Waals surface area (Å²) >= 11 is 7.60. The van der Waals surface area contributed by atoms with Gasteiger partial charge in [0.25, 0.3) is 0 Å². The molecule has 0 fully saturated rings. The normalized spacial score (nSPS) is 13.5. The minimum atomic E-state index is -4.38. The molecule has 2 aromatic rings. The Labute approximate surface area is 130 Å². The predicted molar refractivity (Wildman–Crippen MR) is 82.0 cm³/mol. The summed E-state index contributed by atoms with van der Waals surface area (Å²) in [7, 11) is 0. The Bertz CT molecular complexity index is 593. The van der Waals surface area contributed by atoms with Gasteiger partial charge in [-0.15, -0.1) is 11.3 Å². The molecule has 2 rings (SSSR count). The Kier molecular flexibility index (Phi) is 4.84. The van der Waals surface area contributed by atoms with Crippen LogP contribution in [0.25, 0.3) is 0 Å². The summed E-state index contributed by atoms with van der Waals surface area (Å²) in [6.07, 6.45) is -4.38. The van der Waals surface area contributed by atoms with Crippen LogP contribution in [0.4, 0.5) is 18.9 Å². The van der Waals surface area contributed by atoms with E-state index in [0.29, 0.717) is 5.69 Å². The number of thiophene rings is 1. The molecule has 0 aliphatic rings. The summed E-state index contributed by atoms with van der Waals surface area (Å²) in [6.45, 7) is 4.03. The maximum atomic E-state index is 12.8. The van der Waals surface area contributed by atoms with Crippen LogP contribution < -0.4 is 5.32 Å². The molecule has 0 saturated heterocycles. The molecule has 0 radical (unpaired) electrons. The van der Waals surface area contributed by atoms with Crippen molar-refractivity contribution in [3.8, 4) is 0 Å². The van der Waals surface area contributed by atoms with Crippen LogP contribution in [0.3, 0.4) is 0 Å². The fourth-order valence-corrected chi connectivity index (χ4v) is 3.14. The zero-order valence-corrected chi connectivity index (χ0v) is 13.1. The van der Waals surface area contributed by atoms with Gasteiger partial charge in [0.15, 0.2) is 0 Å². The Balaban J connectivity index is 2.33. The average Bonchev–Trinajstić information content (AvgIpc) is 2.89. The van der Waals surface area contributed by atoms with Crippen molar-refractivity contribution in [2.45, 2.75) is 26.1 Å². The first kappa shape index (κ1) is 16.2. The first-order valence-corrected chi connectivity index (χ1v) is 7.71. The van der Waals surface area contributed by atoms with Gasteiger partial charge in [-0.25, -0.2) is 0 Å². The van der Waals surface area contributed by atoms with E-state index in [2.05, 4.69) is 5.32 Å². The molecule has 1 nitrogen and oxygen atoms in total. The van der Waals surface area contributed by atoms with Crippen LogP contribution in [0.1, 0.15) is 30.3 Å². The third-order valence-electron chi connectivity index (χ3n) is 3.12. The monoisotopic (exact) mass is 333 g/mol. The fourth-order valence-electron chi connectivity index (χ4n) is 2.01. The van der Waals surface area contributed by atoms with Crippen LogP contribution in [0.2, 0.25) is 5.02 Å². The molecule has 0 aliphatic carbocycles. The van der Waals surface area contributed by atoms with E-state index >= 15 is 0 Å². The molecule has 1 atom stereocenters. The number of anilines is 1. The number of rotatable bonds is 4. The average molecular weight is 334 g/mol. The quantitative estimate of drug-likeness (QED) is 0.699. The van der Waals surface area contributed by atoms with Gasteiger partial charge in [-0.2, -0.15) is 13.2 Å². The molecule has 0 bridgehead atoms. The van der Waals surface area contributed by atoms with Crippen LogP contribution in [0, 0.1) is 5.92 Å². The lowest BCUT2D eigenvalue weighted by Crippen LogP contribution is -2.16. The lowest BCUT2D eigenvalue weighted by molar-refractivity contribution is -0.137. The van der Waals surface area contributed by atoms with Gasteiger partial charge in [0.05, 0.1) is 22.3 Å². The van der Waals surface area contributed by atoms with Crippen LogP contribution in [0.15, 0.2) is 35.7 Å². The summed E-state index contributed by atoms with van der Waals surface area (Å²) in [5.74, 6) is 0.217. The third kappa shape index (κ3) is 3.92. The first-order chi connectivity index (χ1) is 9.79. The van der Waals surface area contributed by atoms with Crippen molar-refractivity contribution in [3.63, 3.8) is 0 Å². The fraction of sp³-hybridized carbons (Fsp3) is 0.333. The topological polar surface area (TPSA) is 12.0 Å². The Hall–Kier alpha value is -1.20. The second-order valence-electron chi connectivity index (χ2n) is 5.07. The number of alkyl halides is 3. The largest absolute Gasteiger partial charge is 0.416 e. The Morgan fingerprint density at radius 2 is 1.90 bits per heavy atom. The van der Waals surface area contributed by atoms with Gasteiger partial charge in [-0.1, -0.05) is 31.5 Å². The minimum absolute atomic E-state index is 0.0778. The summed E-state index contributed by atoms with van der Waals surface area (Å²) < 4.78 is 38.4. The molecule has 21 heavy (non-hydrogen) atoms. The Morgan fingerprint density at radius 3 is 2.43 bits per heavy atom. The van der Waals surface area contributed by atoms with Crippen molar-refractivity contribution in [3.05, 3.63) is 51.2 Å². The highest BCUT2D eigenvalue weighted by Crippen LogP contribution is 2.37. The van der Waals surface area contributed by atoms with E-state index in [0.717, 1.165) is 17.0 Å². The molecule has 114 valence electrons. The van der Waals surface area contributed by atoms with Gasteiger partial charge in [0.2, 0.25) is 0 Å². The number of hydrogen-bond donors (Lipinski definition) is 1. The highest BCUT2D eigenvalue weighted by atomic mass is 35.5.